The number of hydrogen-bond donors (Lipinski definition) is 0. The van der Waals surface area contributed by atoms with Gasteiger partial charge in [-0.1, -0.05) is 6.92 Å². The Morgan fingerprint density at radius 1 is 1.50 bits per heavy atom. The largest absolute Gasteiger partial charge is 0.303 e. The lowest BCUT2D eigenvalue weighted by molar-refractivity contribution is -0.115. The number of nitrogens with zero attached hydrogens (tertiary/aromatic N) is 1. The van der Waals surface area contributed by atoms with Gasteiger partial charge in [-0.2, -0.15) is 0 Å². The topological polar surface area (TPSA) is 20.3 Å². The number of halogens is 2. The van der Waals surface area contributed by atoms with Gasteiger partial charge in [-0.25, -0.2) is 0 Å². The lowest BCUT2D eigenvalue weighted by Gasteiger charge is -2.34. The summed E-state index contributed by atoms with van der Waals surface area (Å²) >= 11 is 11.4. The van der Waals surface area contributed by atoms with Gasteiger partial charge in [0.05, 0.1) is 0 Å². The molecule has 0 aromatic heterocycles. The Hall–Kier alpha value is 0.210. The van der Waals surface area contributed by atoms with Crippen LogP contribution in [0.3, 0.4) is 0 Å². The van der Waals surface area contributed by atoms with Crippen LogP contribution in [0.15, 0.2) is 0 Å². The molecular weight excluding hydrogens is 197 g/mol. The second-order valence-corrected chi connectivity index (χ2v) is 4.24. The Kier molecular flexibility index (Phi) is 3.38. The van der Waals surface area contributed by atoms with Gasteiger partial charge < -0.3 is 4.90 Å². The quantitative estimate of drug-likeness (QED) is 0.512. The standard InChI is InChI=1S/C8H13Cl2NO/c1-2-11-5-3-8(10,4-6-11)7(9)12/h2-6H2,1H3. The van der Waals surface area contributed by atoms with E-state index in [0.717, 1.165) is 19.6 Å². The maximum Gasteiger partial charge on any atom is 0.242 e. The van der Waals surface area contributed by atoms with Crippen LogP contribution in [0.4, 0.5) is 0 Å². The van der Waals surface area contributed by atoms with Crippen molar-refractivity contribution >= 4 is 28.4 Å². The molecule has 0 atom stereocenters. The number of carbonyl (C=O) groups excluding carboxylic acids is 1. The first-order valence-corrected chi connectivity index (χ1v) is 4.95. The summed E-state index contributed by atoms with van der Waals surface area (Å²) in [4.78, 5) is 12.4. The predicted octanol–water partition coefficient (Wildman–Crippen LogP) is 1.85. The molecule has 0 unspecified atom stereocenters. The highest BCUT2D eigenvalue weighted by Gasteiger charge is 2.37. The zero-order valence-electron chi connectivity index (χ0n) is 7.15. The molecule has 0 bridgehead atoms. The average Bonchev–Trinajstić information content (AvgIpc) is 2.06. The Labute approximate surface area is 82.8 Å². The zero-order chi connectivity index (χ0) is 9.19. The summed E-state index contributed by atoms with van der Waals surface area (Å²) in [6.07, 6.45) is 1.34. The summed E-state index contributed by atoms with van der Waals surface area (Å²) in [6, 6.07) is 0. The average molecular weight is 210 g/mol. The van der Waals surface area contributed by atoms with Gasteiger partial charge in [0.2, 0.25) is 5.24 Å². The molecule has 0 aromatic rings. The second-order valence-electron chi connectivity index (χ2n) is 3.17. The van der Waals surface area contributed by atoms with Gasteiger partial charge in [-0.05, 0) is 31.0 Å². The fourth-order valence-electron chi connectivity index (χ4n) is 1.42. The molecule has 70 valence electrons. The molecule has 4 heteroatoms. The number of alkyl halides is 1. The molecule has 1 fully saturated rings. The Bertz CT molecular complexity index is 176. The molecule has 0 radical (unpaired) electrons. The molecule has 1 heterocycles. The van der Waals surface area contributed by atoms with E-state index in [2.05, 4.69) is 11.8 Å². The summed E-state index contributed by atoms with van der Waals surface area (Å²) in [5, 5.41) is -0.403. The second kappa shape index (κ2) is 3.95. The van der Waals surface area contributed by atoms with Crippen molar-refractivity contribution in [3.05, 3.63) is 0 Å². The predicted molar refractivity (Wildman–Crippen MR) is 50.8 cm³/mol. The van der Waals surface area contributed by atoms with Crippen molar-refractivity contribution in [2.24, 2.45) is 0 Å². The molecule has 0 N–H and O–H groups in total. The minimum Gasteiger partial charge on any atom is -0.303 e. The van der Waals surface area contributed by atoms with Crippen LogP contribution in [0.1, 0.15) is 19.8 Å². The van der Waals surface area contributed by atoms with Gasteiger partial charge in [0.15, 0.2) is 0 Å². The van der Waals surface area contributed by atoms with Gasteiger partial charge in [0.25, 0.3) is 0 Å². The van der Waals surface area contributed by atoms with Crippen LogP contribution in [0.2, 0.25) is 0 Å². The van der Waals surface area contributed by atoms with E-state index >= 15 is 0 Å². The molecule has 1 aliphatic heterocycles. The lowest BCUT2D eigenvalue weighted by Crippen LogP contribution is -2.44. The van der Waals surface area contributed by atoms with Gasteiger partial charge in [0, 0.05) is 13.1 Å². The van der Waals surface area contributed by atoms with Crippen molar-refractivity contribution < 1.29 is 4.79 Å². The summed E-state index contributed by atoms with van der Waals surface area (Å²) in [5.74, 6) is 0. The molecule has 12 heavy (non-hydrogen) atoms. The van der Waals surface area contributed by atoms with Crippen LogP contribution >= 0.6 is 23.2 Å². The third-order valence-corrected chi connectivity index (χ3v) is 3.46. The van der Waals surface area contributed by atoms with Crippen LogP contribution < -0.4 is 0 Å². The summed E-state index contributed by atoms with van der Waals surface area (Å²) in [6.45, 7) is 4.87. The van der Waals surface area contributed by atoms with Gasteiger partial charge in [0.1, 0.15) is 4.87 Å². The van der Waals surface area contributed by atoms with E-state index in [1.54, 1.807) is 0 Å². The monoisotopic (exact) mass is 209 g/mol. The van der Waals surface area contributed by atoms with Gasteiger partial charge >= 0.3 is 0 Å². The van der Waals surface area contributed by atoms with E-state index < -0.39 is 10.1 Å². The number of hydrogen-bond acceptors (Lipinski definition) is 2. The minimum atomic E-state index is -0.784. The van der Waals surface area contributed by atoms with Crippen molar-refractivity contribution in [3.8, 4) is 0 Å². The first-order valence-electron chi connectivity index (χ1n) is 4.19. The van der Waals surface area contributed by atoms with Gasteiger partial charge in [-0.3, -0.25) is 4.79 Å². The van der Waals surface area contributed by atoms with E-state index in [4.69, 9.17) is 23.2 Å². The van der Waals surface area contributed by atoms with Crippen LogP contribution in [0.5, 0.6) is 0 Å². The summed E-state index contributed by atoms with van der Waals surface area (Å²) in [5.41, 5.74) is 0. The molecule has 0 aromatic carbocycles. The molecular formula is C8H13Cl2NO. The SMILES string of the molecule is CCN1CCC(Cl)(C(=O)Cl)CC1. The first-order chi connectivity index (χ1) is 5.58. The molecule has 1 aliphatic rings. The Morgan fingerprint density at radius 2 is 2.00 bits per heavy atom. The van der Waals surface area contributed by atoms with Crippen LogP contribution in [0, 0.1) is 0 Å². The highest BCUT2D eigenvalue weighted by Crippen LogP contribution is 2.31. The molecule has 0 amide bonds. The van der Waals surface area contributed by atoms with E-state index in [0.29, 0.717) is 12.8 Å². The molecule has 2 nitrogen and oxygen atoms in total. The highest BCUT2D eigenvalue weighted by atomic mass is 35.5. The third-order valence-electron chi connectivity index (χ3n) is 2.45. The lowest BCUT2D eigenvalue weighted by atomic mass is 9.97. The molecule has 1 rings (SSSR count). The van der Waals surface area contributed by atoms with E-state index in [-0.39, 0.29) is 0 Å². The fraction of sp³-hybridized carbons (Fsp3) is 0.875. The number of likely N-dealkylation sites (tertiary alicyclic amines) is 1. The maximum atomic E-state index is 10.9. The first kappa shape index (κ1) is 10.3. The Morgan fingerprint density at radius 3 is 2.33 bits per heavy atom. The van der Waals surface area contributed by atoms with Crippen molar-refractivity contribution in [1.29, 1.82) is 0 Å². The van der Waals surface area contributed by atoms with Crippen molar-refractivity contribution in [2.45, 2.75) is 24.6 Å². The fourth-order valence-corrected chi connectivity index (χ4v) is 1.78. The van der Waals surface area contributed by atoms with Crippen LogP contribution in [-0.4, -0.2) is 34.7 Å². The van der Waals surface area contributed by atoms with Gasteiger partial charge in [-0.15, -0.1) is 11.6 Å². The smallest absolute Gasteiger partial charge is 0.242 e. The zero-order valence-corrected chi connectivity index (χ0v) is 8.66. The van der Waals surface area contributed by atoms with Crippen LogP contribution in [0.25, 0.3) is 0 Å². The normalized spacial score (nSPS) is 23.9. The number of rotatable bonds is 2. The summed E-state index contributed by atoms with van der Waals surface area (Å²) < 4.78 is 0. The molecule has 1 saturated heterocycles. The van der Waals surface area contributed by atoms with E-state index in [9.17, 15) is 4.79 Å². The number of carbonyl (C=O) groups is 1. The van der Waals surface area contributed by atoms with E-state index in [1.165, 1.54) is 0 Å². The molecule has 0 spiro atoms. The molecule has 0 aliphatic carbocycles. The van der Waals surface area contributed by atoms with Crippen molar-refractivity contribution in [3.63, 3.8) is 0 Å². The number of piperidine rings is 1. The summed E-state index contributed by atoms with van der Waals surface area (Å²) in [7, 11) is 0. The highest BCUT2D eigenvalue weighted by molar-refractivity contribution is 6.70. The van der Waals surface area contributed by atoms with Crippen molar-refractivity contribution in [2.75, 3.05) is 19.6 Å². The maximum absolute atomic E-state index is 10.9. The Balaban J connectivity index is 2.49. The third kappa shape index (κ3) is 2.12. The van der Waals surface area contributed by atoms with Crippen molar-refractivity contribution in [1.82, 2.24) is 4.90 Å². The van der Waals surface area contributed by atoms with E-state index in [1.807, 2.05) is 0 Å². The molecule has 0 saturated carbocycles. The minimum absolute atomic E-state index is 0.403. The van der Waals surface area contributed by atoms with Crippen LogP contribution in [-0.2, 0) is 4.79 Å².